The molecule has 0 saturated heterocycles. The fourth-order valence-electron chi connectivity index (χ4n) is 0.958. The lowest BCUT2D eigenvalue weighted by Crippen LogP contribution is -2.23. The van der Waals surface area contributed by atoms with Crippen LogP contribution in [-0.4, -0.2) is 19.1 Å². The van der Waals surface area contributed by atoms with Gasteiger partial charge in [-0.2, -0.15) is 13.2 Å². The molecule has 6 heteroatoms. The van der Waals surface area contributed by atoms with Gasteiger partial charge in [-0.1, -0.05) is 11.6 Å². The van der Waals surface area contributed by atoms with Crippen LogP contribution < -0.4 is 4.74 Å². The lowest BCUT2D eigenvalue weighted by Gasteiger charge is -2.08. The van der Waals surface area contributed by atoms with Crippen molar-refractivity contribution in [2.45, 2.75) is 6.18 Å². The first-order chi connectivity index (χ1) is 6.86. The minimum absolute atomic E-state index is 0.145. The van der Waals surface area contributed by atoms with Crippen LogP contribution in [0.3, 0.4) is 0 Å². The van der Waals surface area contributed by atoms with E-state index in [0.29, 0.717) is 0 Å². The van der Waals surface area contributed by atoms with Gasteiger partial charge in [-0.25, -0.2) is 0 Å². The van der Waals surface area contributed by atoms with E-state index in [1.54, 1.807) is 0 Å². The van der Waals surface area contributed by atoms with Gasteiger partial charge in [0.15, 0.2) is 0 Å². The van der Waals surface area contributed by atoms with Gasteiger partial charge in [0.2, 0.25) is 0 Å². The van der Waals surface area contributed by atoms with E-state index < -0.39 is 17.5 Å². The van der Waals surface area contributed by atoms with Crippen molar-refractivity contribution in [3.05, 3.63) is 28.8 Å². The molecule has 0 saturated carbocycles. The van der Waals surface area contributed by atoms with E-state index >= 15 is 0 Å². The molecule has 0 aliphatic rings. The lowest BCUT2D eigenvalue weighted by atomic mass is 10.1. The third-order valence-electron chi connectivity index (χ3n) is 1.68. The van der Waals surface area contributed by atoms with Gasteiger partial charge in [-0.3, -0.25) is 4.79 Å². The molecule has 15 heavy (non-hydrogen) atoms. The number of alkyl halides is 3. The molecule has 0 aromatic heterocycles. The number of halogens is 4. The summed E-state index contributed by atoms with van der Waals surface area (Å²) >= 11 is 5.48. The van der Waals surface area contributed by atoms with Crippen LogP contribution in [0.1, 0.15) is 10.4 Å². The maximum absolute atomic E-state index is 12.1. The number of Topliss-reactive ketones (excluding diaryl/α,β-unsaturated/α-hetero) is 1. The SMILES string of the molecule is COc1ccc(Cl)c(C(=O)C(F)(F)F)c1. The maximum Gasteiger partial charge on any atom is 0.454 e. The van der Waals surface area contributed by atoms with Gasteiger partial charge in [-0.15, -0.1) is 0 Å². The van der Waals surface area contributed by atoms with Gasteiger partial charge < -0.3 is 4.74 Å². The summed E-state index contributed by atoms with van der Waals surface area (Å²) in [6, 6.07) is 3.51. The topological polar surface area (TPSA) is 26.3 Å². The Morgan fingerprint density at radius 2 is 2.00 bits per heavy atom. The van der Waals surface area contributed by atoms with Crippen molar-refractivity contribution >= 4 is 17.4 Å². The highest BCUT2D eigenvalue weighted by molar-refractivity contribution is 6.34. The largest absolute Gasteiger partial charge is 0.497 e. The van der Waals surface area contributed by atoms with E-state index in [9.17, 15) is 18.0 Å². The van der Waals surface area contributed by atoms with Crippen molar-refractivity contribution in [1.29, 1.82) is 0 Å². The van der Waals surface area contributed by atoms with Crippen molar-refractivity contribution in [1.82, 2.24) is 0 Å². The Bertz CT molecular complexity index is 387. The van der Waals surface area contributed by atoms with Gasteiger partial charge in [-0.05, 0) is 18.2 Å². The van der Waals surface area contributed by atoms with Crippen molar-refractivity contribution in [3.8, 4) is 5.75 Å². The van der Waals surface area contributed by atoms with Crippen LogP contribution in [0.15, 0.2) is 18.2 Å². The van der Waals surface area contributed by atoms with Gasteiger partial charge in [0.1, 0.15) is 5.75 Å². The first-order valence-electron chi connectivity index (χ1n) is 3.81. The predicted molar refractivity (Wildman–Crippen MR) is 48.4 cm³/mol. The molecule has 0 spiro atoms. The van der Waals surface area contributed by atoms with Crippen LogP contribution in [0.5, 0.6) is 5.75 Å². The summed E-state index contributed by atoms with van der Waals surface area (Å²) < 4.78 is 41.0. The molecule has 0 radical (unpaired) electrons. The first kappa shape index (κ1) is 11.8. The van der Waals surface area contributed by atoms with Crippen LogP contribution in [0.25, 0.3) is 0 Å². The number of ether oxygens (including phenoxy) is 1. The van der Waals surface area contributed by atoms with Crippen molar-refractivity contribution < 1.29 is 22.7 Å². The quantitative estimate of drug-likeness (QED) is 0.740. The Morgan fingerprint density at radius 3 is 2.47 bits per heavy atom. The number of hydrogen-bond donors (Lipinski definition) is 0. The average molecular weight is 239 g/mol. The Morgan fingerprint density at radius 1 is 1.40 bits per heavy atom. The second-order valence-electron chi connectivity index (χ2n) is 2.67. The summed E-state index contributed by atoms with van der Waals surface area (Å²) in [5.74, 6) is -1.83. The minimum atomic E-state index is -4.93. The normalized spacial score (nSPS) is 11.3. The molecule has 1 aromatic rings. The molecule has 1 rings (SSSR count). The third-order valence-corrected chi connectivity index (χ3v) is 2.01. The fraction of sp³-hybridized carbons (Fsp3) is 0.222. The third kappa shape index (κ3) is 2.62. The molecular formula is C9H6ClF3O2. The molecule has 1 aromatic carbocycles. The Kier molecular flexibility index (Phi) is 3.24. The van der Waals surface area contributed by atoms with Crippen molar-refractivity contribution in [3.63, 3.8) is 0 Å². The number of carbonyl (C=O) groups excluding carboxylic acids is 1. The molecule has 0 amide bonds. The molecule has 0 fully saturated rings. The van der Waals surface area contributed by atoms with Crippen LogP contribution in [0, 0.1) is 0 Å². The van der Waals surface area contributed by atoms with Crippen LogP contribution in [0.2, 0.25) is 5.02 Å². The van der Waals surface area contributed by atoms with E-state index in [1.807, 2.05) is 0 Å². The molecule has 82 valence electrons. The molecule has 0 N–H and O–H groups in total. The number of carbonyl (C=O) groups is 1. The number of ketones is 1. The van der Waals surface area contributed by atoms with E-state index in [4.69, 9.17) is 16.3 Å². The summed E-state index contributed by atoms with van der Waals surface area (Å²) in [7, 11) is 1.28. The fourth-order valence-corrected chi connectivity index (χ4v) is 1.16. The van der Waals surface area contributed by atoms with Gasteiger partial charge in [0.05, 0.1) is 12.1 Å². The average Bonchev–Trinajstić information content (AvgIpc) is 2.16. The molecule has 0 bridgehead atoms. The zero-order chi connectivity index (χ0) is 11.6. The predicted octanol–water partition coefficient (Wildman–Crippen LogP) is 3.09. The van der Waals surface area contributed by atoms with Crippen molar-refractivity contribution in [2.24, 2.45) is 0 Å². The molecule has 0 atom stereocenters. The standard InChI is InChI=1S/C9H6ClF3O2/c1-15-5-2-3-7(10)6(4-5)8(14)9(11,12)13/h2-4H,1H3. The summed E-state index contributed by atoms with van der Waals surface area (Å²) in [4.78, 5) is 10.9. The maximum atomic E-state index is 12.1. The van der Waals surface area contributed by atoms with Crippen LogP contribution in [0.4, 0.5) is 13.2 Å². The Labute approximate surface area is 88.6 Å². The number of rotatable bonds is 2. The molecule has 0 heterocycles. The zero-order valence-corrected chi connectivity index (χ0v) is 8.32. The second kappa shape index (κ2) is 4.10. The summed E-state index contributed by atoms with van der Waals surface area (Å²) in [6.07, 6.45) is -4.93. The van der Waals surface area contributed by atoms with Crippen LogP contribution >= 0.6 is 11.6 Å². The summed E-state index contributed by atoms with van der Waals surface area (Å²) in [6.45, 7) is 0. The minimum Gasteiger partial charge on any atom is -0.497 e. The van der Waals surface area contributed by atoms with E-state index in [-0.39, 0.29) is 10.8 Å². The highest BCUT2D eigenvalue weighted by Gasteiger charge is 2.40. The van der Waals surface area contributed by atoms with E-state index in [1.165, 1.54) is 19.2 Å². The van der Waals surface area contributed by atoms with Gasteiger partial charge in [0.25, 0.3) is 5.78 Å². The van der Waals surface area contributed by atoms with Gasteiger partial charge in [0, 0.05) is 5.56 Å². The van der Waals surface area contributed by atoms with Crippen LogP contribution in [-0.2, 0) is 0 Å². The smallest absolute Gasteiger partial charge is 0.454 e. The highest BCUT2D eigenvalue weighted by atomic mass is 35.5. The number of methoxy groups -OCH3 is 1. The second-order valence-corrected chi connectivity index (χ2v) is 3.08. The first-order valence-corrected chi connectivity index (χ1v) is 4.19. The highest BCUT2D eigenvalue weighted by Crippen LogP contribution is 2.28. The molecule has 2 nitrogen and oxygen atoms in total. The van der Waals surface area contributed by atoms with Crippen molar-refractivity contribution in [2.75, 3.05) is 7.11 Å². The Hall–Kier alpha value is -1.23. The monoisotopic (exact) mass is 238 g/mol. The number of benzene rings is 1. The molecule has 0 aliphatic heterocycles. The molecule has 0 aliphatic carbocycles. The van der Waals surface area contributed by atoms with E-state index in [2.05, 4.69) is 0 Å². The molecule has 0 unspecified atom stereocenters. The number of hydrogen-bond acceptors (Lipinski definition) is 2. The lowest BCUT2D eigenvalue weighted by molar-refractivity contribution is -0.0885. The summed E-state index contributed by atoms with van der Waals surface area (Å²) in [5, 5.41) is -0.252. The van der Waals surface area contributed by atoms with E-state index in [0.717, 1.165) is 6.07 Å². The molecular weight excluding hydrogens is 233 g/mol. The summed E-state index contributed by atoms with van der Waals surface area (Å²) in [5.41, 5.74) is -0.608. The Balaban J connectivity index is 3.19. The zero-order valence-electron chi connectivity index (χ0n) is 7.56. The van der Waals surface area contributed by atoms with Gasteiger partial charge >= 0.3 is 6.18 Å².